The molecule has 1 aromatic rings. The molecular formula is C13H16BrIO3. The van der Waals surface area contributed by atoms with E-state index in [-0.39, 0.29) is 5.97 Å². The van der Waals surface area contributed by atoms with Crippen LogP contribution in [0.25, 0.3) is 0 Å². The minimum atomic E-state index is -0.766. The third kappa shape index (κ3) is 3.93. The van der Waals surface area contributed by atoms with Crippen LogP contribution in [0.5, 0.6) is 0 Å². The predicted molar refractivity (Wildman–Crippen MR) is 83.1 cm³/mol. The summed E-state index contributed by atoms with van der Waals surface area (Å²) >= 11 is 5.52. The third-order valence-corrected chi connectivity index (χ3v) is 3.70. The van der Waals surface area contributed by atoms with Gasteiger partial charge < -0.3 is 9.47 Å². The first-order chi connectivity index (χ1) is 8.54. The number of carbonyl (C=O) groups is 1. The van der Waals surface area contributed by atoms with Gasteiger partial charge >= 0.3 is 5.97 Å². The number of hydrogen-bond donors (Lipinski definition) is 0. The van der Waals surface area contributed by atoms with Crippen molar-refractivity contribution in [1.29, 1.82) is 0 Å². The van der Waals surface area contributed by atoms with Crippen LogP contribution in [0.1, 0.15) is 12.5 Å². The number of carbonyl (C=O) groups excluding carboxylic acids is 1. The van der Waals surface area contributed by atoms with Crippen LogP contribution < -0.4 is 0 Å². The molecule has 0 spiro atoms. The predicted octanol–water partition coefficient (Wildman–Crippen LogP) is 3.13. The van der Waals surface area contributed by atoms with Crippen LogP contribution in [-0.2, 0) is 19.7 Å². The first-order valence-electron chi connectivity index (χ1n) is 5.53. The molecule has 0 N–H and O–H groups in total. The molecule has 18 heavy (non-hydrogen) atoms. The maximum Gasteiger partial charge on any atom is 0.318 e. The average molecular weight is 427 g/mol. The summed E-state index contributed by atoms with van der Waals surface area (Å²) < 4.78 is 11.5. The lowest BCUT2D eigenvalue weighted by Gasteiger charge is -2.27. The molecule has 0 amide bonds. The Morgan fingerprint density at radius 1 is 1.50 bits per heavy atom. The molecule has 1 unspecified atom stereocenters. The highest BCUT2D eigenvalue weighted by Crippen LogP contribution is 2.27. The molecule has 0 bridgehead atoms. The molecule has 0 aromatic heterocycles. The van der Waals surface area contributed by atoms with Crippen LogP contribution in [0.2, 0.25) is 0 Å². The lowest BCUT2D eigenvalue weighted by Crippen LogP contribution is -2.38. The van der Waals surface area contributed by atoms with Crippen molar-refractivity contribution < 1.29 is 14.3 Å². The Morgan fingerprint density at radius 3 is 2.78 bits per heavy atom. The Labute approximate surface area is 130 Å². The van der Waals surface area contributed by atoms with Crippen LogP contribution in [0, 0.1) is 3.57 Å². The summed E-state index contributed by atoms with van der Waals surface area (Å²) in [4.78, 5) is 12.0. The molecule has 0 saturated heterocycles. The standard InChI is InChI=1S/C13H16BrIO3/c1-13(12(16)17-2,9-18-7-6-14)10-4-3-5-11(15)8-10/h3-5,8H,6-7,9H2,1-2H3. The van der Waals surface area contributed by atoms with E-state index < -0.39 is 5.41 Å². The summed E-state index contributed by atoms with van der Waals surface area (Å²) in [7, 11) is 1.40. The van der Waals surface area contributed by atoms with Gasteiger partial charge in [0.05, 0.1) is 20.3 Å². The average Bonchev–Trinajstić information content (AvgIpc) is 2.37. The first kappa shape index (κ1) is 15.9. The van der Waals surface area contributed by atoms with E-state index in [1.165, 1.54) is 7.11 Å². The fourth-order valence-electron chi connectivity index (χ4n) is 1.65. The van der Waals surface area contributed by atoms with Gasteiger partial charge in [-0.15, -0.1) is 0 Å². The van der Waals surface area contributed by atoms with Crippen molar-refractivity contribution in [3.05, 3.63) is 33.4 Å². The van der Waals surface area contributed by atoms with Crippen LogP contribution in [0.3, 0.4) is 0 Å². The maximum absolute atomic E-state index is 12.0. The van der Waals surface area contributed by atoms with E-state index in [0.717, 1.165) is 14.5 Å². The topological polar surface area (TPSA) is 35.5 Å². The molecule has 0 fully saturated rings. The molecule has 0 aliphatic heterocycles. The van der Waals surface area contributed by atoms with E-state index in [1.807, 2.05) is 31.2 Å². The van der Waals surface area contributed by atoms with Crippen molar-refractivity contribution in [3.8, 4) is 0 Å². The van der Waals surface area contributed by atoms with Gasteiger partial charge in [-0.25, -0.2) is 0 Å². The van der Waals surface area contributed by atoms with Gasteiger partial charge in [-0.2, -0.15) is 0 Å². The van der Waals surface area contributed by atoms with Crippen LogP contribution in [-0.4, -0.2) is 31.6 Å². The van der Waals surface area contributed by atoms with Crippen LogP contribution >= 0.6 is 38.5 Å². The summed E-state index contributed by atoms with van der Waals surface area (Å²) in [5, 5.41) is 0.747. The Morgan fingerprint density at radius 2 is 2.22 bits per heavy atom. The number of methoxy groups -OCH3 is 1. The minimum absolute atomic E-state index is 0.279. The molecule has 0 aliphatic rings. The van der Waals surface area contributed by atoms with Crippen molar-refractivity contribution in [2.75, 3.05) is 25.7 Å². The quantitative estimate of drug-likeness (QED) is 0.303. The molecule has 0 radical (unpaired) electrons. The van der Waals surface area contributed by atoms with Gasteiger partial charge in [-0.05, 0) is 47.2 Å². The summed E-state index contributed by atoms with van der Waals surface area (Å²) in [6, 6.07) is 7.83. The van der Waals surface area contributed by atoms with Gasteiger partial charge in [-0.3, -0.25) is 4.79 Å². The van der Waals surface area contributed by atoms with Gasteiger partial charge in [0.25, 0.3) is 0 Å². The molecule has 1 aromatic carbocycles. The largest absolute Gasteiger partial charge is 0.468 e. The molecule has 0 aliphatic carbocycles. The number of hydrogen-bond acceptors (Lipinski definition) is 3. The van der Waals surface area contributed by atoms with E-state index in [0.29, 0.717) is 13.2 Å². The zero-order chi connectivity index (χ0) is 13.6. The second-order valence-electron chi connectivity index (χ2n) is 4.08. The molecule has 1 rings (SSSR count). The summed E-state index contributed by atoms with van der Waals surface area (Å²) in [6.45, 7) is 2.72. The van der Waals surface area contributed by atoms with E-state index in [1.54, 1.807) is 0 Å². The monoisotopic (exact) mass is 426 g/mol. The number of esters is 1. The maximum atomic E-state index is 12.0. The number of benzene rings is 1. The van der Waals surface area contributed by atoms with Crippen molar-refractivity contribution in [1.82, 2.24) is 0 Å². The number of ether oxygens (including phenoxy) is 2. The van der Waals surface area contributed by atoms with Crippen molar-refractivity contribution in [2.45, 2.75) is 12.3 Å². The van der Waals surface area contributed by atoms with Crippen molar-refractivity contribution >= 4 is 44.5 Å². The highest BCUT2D eigenvalue weighted by Gasteiger charge is 2.36. The normalized spacial score (nSPS) is 14.0. The lowest BCUT2D eigenvalue weighted by molar-refractivity contribution is -0.149. The molecule has 100 valence electrons. The molecule has 0 heterocycles. The van der Waals surface area contributed by atoms with E-state index in [4.69, 9.17) is 9.47 Å². The molecule has 1 atom stereocenters. The Hall–Kier alpha value is -0.140. The number of halogens is 2. The Bertz CT molecular complexity index is 411. The molecular weight excluding hydrogens is 411 g/mol. The second kappa shape index (κ2) is 7.45. The number of alkyl halides is 1. The van der Waals surface area contributed by atoms with Gasteiger partial charge in [0.2, 0.25) is 0 Å². The van der Waals surface area contributed by atoms with Gasteiger partial charge in [-0.1, -0.05) is 28.1 Å². The van der Waals surface area contributed by atoms with Crippen molar-refractivity contribution in [2.24, 2.45) is 0 Å². The Balaban J connectivity index is 3.00. The SMILES string of the molecule is COC(=O)C(C)(COCCBr)c1cccc(I)c1. The van der Waals surface area contributed by atoms with Crippen LogP contribution in [0.4, 0.5) is 0 Å². The minimum Gasteiger partial charge on any atom is -0.468 e. The fourth-order valence-corrected chi connectivity index (χ4v) is 2.42. The molecule has 0 saturated carbocycles. The fraction of sp³-hybridized carbons (Fsp3) is 0.462. The van der Waals surface area contributed by atoms with E-state index in [2.05, 4.69) is 38.5 Å². The first-order valence-corrected chi connectivity index (χ1v) is 7.73. The third-order valence-electron chi connectivity index (χ3n) is 2.71. The zero-order valence-corrected chi connectivity index (χ0v) is 14.2. The number of rotatable bonds is 6. The summed E-state index contributed by atoms with van der Waals surface area (Å²) in [5.41, 5.74) is 0.147. The molecule has 3 nitrogen and oxygen atoms in total. The van der Waals surface area contributed by atoms with Gasteiger partial charge in [0.1, 0.15) is 5.41 Å². The highest BCUT2D eigenvalue weighted by molar-refractivity contribution is 14.1. The van der Waals surface area contributed by atoms with Crippen molar-refractivity contribution in [3.63, 3.8) is 0 Å². The van der Waals surface area contributed by atoms with Gasteiger partial charge in [0, 0.05) is 8.90 Å². The zero-order valence-electron chi connectivity index (χ0n) is 10.4. The summed E-state index contributed by atoms with van der Waals surface area (Å²) in [5.74, 6) is -0.279. The van der Waals surface area contributed by atoms with Crippen LogP contribution in [0.15, 0.2) is 24.3 Å². The highest BCUT2D eigenvalue weighted by atomic mass is 127. The molecule has 5 heteroatoms. The van der Waals surface area contributed by atoms with E-state index in [9.17, 15) is 4.79 Å². The van der Waals surface area contributed by atoms with E-state index >= 15 is 0 Å². The summed E-state index contributed by atoms with van der Waals surface area (Å²) in [6.07, 6.45) is 0. The van der Waals surface area contributed by atoms with Gasteiger partial charge in [0.15, 0.2) is 0 Å². The lowest BCUT2D eigenvalue weighted by atomic mass is 9.83. The smallest absolute Gasteiger partial charge is 0.318 e. The Kier molecular flexibility index (Phi) is 6.59. The second-order valence-corrected chi connectivity index (χ2v) is 6.11.